The van der Waals surface area contributed by atoms with E-state index in [-0.39, 0.29) is 9.54 Å². The Bertz CT molecular complexity index is 309. The van der Waals surface area contributed by atoms with Crippen molar-refractivity contribution in [3.05, 3.63) is 23.8 Å². The van der Waals surface area contributed by atoms with Gasteiger partial charge in [-0.2, -0.15) is 0 Å². The van der Waals surface area contributed by atoms with Crippen LogP contribution in [0, 0.1) is 0 Å². The Kier molecular flexibility index (Phi) is 2.91. The molecule has 0 aliphatic rings. The molecule has 12 heavy (non-hydrogen) atoms. The van der Waals surface area contributed by atoms with Gasteiger partial charge in [0.25, 0.3) is 0 Å². The predicted octanol–water partition coefficient (Wildman–Crippen LogP) is 1.98. The zero-order chi connectivity index (χ0) is 9.14. The lowest BCUT2D eigenvalue weighted by Crippen LogP contribution is -1.93. The summed E-state index contributed by atoms with van der Waals surface area (Å²) in [5.74, 6) is 0.544. The Balaban J connectivity index is 3.21. The van der Waals surface area contributed by atoms with Gasteiger partial charge in [0.05, 0.1) is 12.7 Å². The number of aromatic hydroxyl groups is 1. The highest BCUT2D eigenvalue weighted by molar-refractivity contribution is 14.1. The monoisotopic (exact) mass is 278 g/mol. The van der Waals surface area contributed by atoms with Crippen molar-refractivity contribution >= 4 is 26.4 Å². The molecule has 0 aliphatic heterocycles. The largest absolute Gasteiger partial charge is 0.508 e. The van der Waals surface area contributed by atoms with Crippen LogP contribution in [-0.2, 0) is 0 Å². The fourth-order valence-electron chi connectivity index (χ4n) is 0.850. The highest BCUT2D eigenvalue weighted by Gasteiger charge is 2.09. The maximum absolute atomic E-state index is 11.0. The van der Waals surface area contributed by atoms with Crippen molar-refractivity contribution in [2.45, 2.75) is 0 Å². The minimum absolute atomic E-state index is 0.0656. The highest BCUT2D eigenvalue weighted by Crippen LogP contribution is 2.25. The number of phenols is 1. The third-order valence-electron chi connectivity index (χ3n) is 1.39. The summed E-state index contributed by atoms with van der Waals surface area (Å²) in [6.45, 7) is 0. The molecule has 0 heterocycles. The SMILES string of the molecule is COc1ccc(O)cc1C(=O)I. The third kappa shape index (κ3) is 1.88. The van der Waals surface area contributed by atoms with E-state index in [2.05, 4.69) is 0 Å². The molecule has 0 saturated carbocycles. The van der Waals surface area contributed by atoms with Gasteiger partial charge < -0.3 is 9.84 Å². The molecular formula is C8H7IO3. The van der Waals surface area contributed by atoms with E-state index >= 15 is 0 Å². The molecule has 1 aromatic carbocycles. The fourth-order valence-corrected chi connectivity index (χ4v) is 1.27. The van der Waals surface area contributed by atoms with Crippen LogP contribution >= 0.6 is 22.6 Å². The van der Waals surface area contributed by atoms with E-state index in [1.54, 1.807) is 28.7 Å². The van der Waals surface area contributed by atoms with E-state index in [1.807, 2.05) is 0 Å². The molecule has 0 saturated heterocycles. The van der Waals surface area contributed by atoms with Gasteiger partial charge in [0.2, 0.25) is 3.79 Å². The number of halogens is 1. The molecule has 0 unspecified atom stereocenters. The minimum Gasteiger partial charge on any atom is -0.508 e. The Morgan fingerprint density at radius 1 is 1.58 bits per heavy atom. The van der Waals surface area contributed by atoms with Crippen molar-refractivity contribution in [3.63, 3.8) is 0 Å². The lowest BCUT2D eigenvalue weighted by molar-refractivity contribution is 0.110. The molecular weight excluding hydrogens is 271 g/mol. The molecule has 1 N–H and O–H groups in total. The summed E-state index contributed by atoms with van der Waals surface area (Å²) in [5, 5.41) is 9.07. The molecule has 3 nitrogen and oxygen atoms in total. The van der Waals surface area contributed by atoms with Gasteiger partial charge >= 0.3 is 0 Å². The lowest BCUT2D eigenvalue weighted by atomic mass is 10.2. The molecule has 0 amide bonds. The Morgan fingerprint density at radius 2 is 2.25 bits per heavy atom. The fraction of sp³-hybridized carbons (Fsp3) is 0.125. The summed E-state index contributed by atoms with van der Waals surface area (Å²) in [4.78, 5) is 11.0. The van der Waals surface area contributed by atoms with Crippen molar-refractivity contribution in [2.24, 2.45) is 0 Å². The van der Waals surface area contributed by atoms with Crippen LogP contribution in [-0.4, -0.2) is 16.0 Å². The minimum atomic E-state index is -0.152. The number of rotatable bonds is 2. The van der Waals surface area contributed by atoms with Crippen LogP contribution in [0.2, 0.25) is 0 Å². The van der Waals surface area contributed by atoms with Gasteiger partial charge in [-0.25, -0.2) is 0 Å². The third-order valence-corrected chi connectivity index (χ3v) is 1.98. The van der Waals surface area contributed by atoms with Crippen molar-refractivity contribution in [3.8, 4) is 11.5 Å². The maximum atomic E-state index is 11.0. The molecule has 0 radical (unpaired) electrons. The number of hydrogen-bond acceptors (Lipinski definition) is 3. The first kappa shape index (κ1) is 9.31. The number of phenolic OH excluding ortho intramolecular Hbond substituents is 1. The maximum Gasteiger partial charge on any atom is 0.226 e. The van der Waals surface area contributed by atoms with Crippen LogP contribution in [0.4, 0.5) is 0 Å². The predicted molar refractivity (Wildman–Crippen MR) is 53.0 cm³/mol. The summed E-state index contributed by atoms with van der Waals surface area (Å²) in [6.07, 6.45) is 0. The first-order valence-electron chi connectivity index (χ1n) is 3.22. The molecule has 1 aromatic rings. The standard InChI is InChI=1S/C8H7IO3/c1-12-7-3-2-5(10)4-6(7)8(9)11/h2-4,10H,1H3. The van der Waals surface area contributed by atoms with E-state index in [0.29, 0.717) is 11.3 Å². The Hall–Kier alpha value is -0.780. The number of carbonyl (C=O) groups excluding carboxylic acids is 1. The van der Waals surface area contributed by atoms with Crippen LogP contribution in [0.25, 0.3) is 0 Å². The molecule has 1 rings (SSSR count). The van der Waals surface area contributed by atoms with Gasteiger partial charge in [-0.15, -0.1) is 0 Å². The first-order valence-corrected chi connectivity index (χ1v) is 4.30. The quantitative estimate of drug-likeness (QED) is 0.664. The molecule has 64 valence electrons. The lowest BCUT2D eigenvalue weighted by Gasteiger charge is -2.04. The zero-order valence-corrected chi connectivity index (χ0v) is 8.53. The van der Waals surface area contributed by atoms with Gasteiger partial charge in [0.1, 0.15) is 11.5 Å². The average Bonchev–Trinajstić information content (AvgIpc) is 2.04. The summed E-state index contributed by atoms with van der Waals surface area (Å²) in [7, 11) is 1.48. The van der Waals surface area contributed by atoms with E-state index in [1.165, 1.54) is 19.2 Å². The van der Waals surface area contributed by atoms with Crippen molar-refractivity contribution in [1.29, 1.82) is 0 Å². The van der Waals surface area contributed by atoms with Crippen LogP contribution in [0.1, 0.15) is 10.4 Å². The first-order chi connectivity index (χ1) is 5.65. The smallest absolute Gasteiger partial charge is 0.226 e. The van der Waals surface area contributed by atoms with Gasteiger partial charge in [0.15, 0.2) is 0 Å². The van der Waals surface area contributed by atoms with Crippen molar-refractivity contribution in [1.82, 2.24) is 0 Å². The number of methoxy groups -OCH3 is 1. The van der Waals surface area contributed by atoms with Gasteiger partial charge in [-0.3, -0.25) is 4.79 Å². The summed E-state index contributed by atoms with van der Waals surface area (Å²) in [6, 6.07) is 4.41. The van der Waals surface area contributed by atoms with Gasteiger partial charge in [-0.1, -0.05) is 0 Å². The van der Waals surface area contributed by atoms with Gasteiger partial charge in [-0.05, 0) is 18.2 Å². The van der Waals surface area contributed by atoms with E-state index in [4.69, 9.17) is 9.84 Å². The van der Waals surface area contributed by atoms with Crippen LogP contribution in [0.5, 0.6) is 11.5 Å². The van der Waals surface area contributed by atoms with E-state index in [9.17, 15) is 4.79 Å². The molecule has 0 spiro atoms. The Labute approximate surface area is 83.5 Å². The van der Waals surface area contributed by atoms with Crippen molar-refractivity contribution < 1.29 is 14.6 Å². The second kappa shape index (κ2) is 3.75. The summed E-state index contributed by atoms with van der Waals surface area (Å²) < 4.78 is 4.77. The topological polar surface area (TPSA) is 46.5 Å². The highest BCUT2D eigenvalue weighted by atomic mass is 127. The normalized spacial score (nSPS) is 9.50. The molecule has 0 aliphatic carbocycles. The van der Waals surface area contributed by atoms with Crippen LogP contribution in [0.15, 0.2) is 18.2 Å². The Morgan fingerprint density at radius 3 is 2.75 bits per heavy atom. The van der Waals surface area contributed by atoms with Gasteiger partial charge in [0, 0.05) is 22.6 Å². The van der Waals surface area contributed by atoms with Crippen LogP contribution in [0.3, 0.4) is 0 Å². The van der Waals surface area contributed by atoms with Crippen LogP contribution < -0.4 is 4.74 Å². The number of ether oxygens (including phenoxy) is 1. The van der Waals surface area contributed by atoms with Crippen molar-refractivity contribution in [2.75, 3.05) is 7.11 Å². The second-order valence-electron chi connectivity index (χ2n) is 2.16. The van der Waals surface area contributed by atoms with E-state index < -0.39 is 0 Å². The zero-order valence-electron chi connectivity index (χ0n) is 6.37. The number of benzene rings is 1. The average molecular weight is 278 g/mol. The molecule has 0 aromatic heterocycles. The number of hydrogen-bond donors (Lipinski definition) is 1. The number of carbonyl (C=O) groups is 1. The second-order valence-corrected chi connectivity index (χ2v) is 3.14. The summed E-state index contributed by atoms with van der Waals surface area (Å²) >= 11 is 1.64. The summed E-state index contributed by atoms with van der Waals surface area (Å²) in [5.41, 5.74) is 0.387. The molecule has 4 heteroatoms. The van der Waals surface area contributed by atoms with E-state index in [0.717, 1.165) is 0 Å². The molecule has 0 atom stereocenters. The molecule has 0 fully saturated rings. The molecule has 0 bridgehead atoms.